The molecule has 0 spiro atoms. The van der Waals surface area contributed by atoms with Gasteiger partial charge in [-0.15, -0.1) is 0 Å². The first-order valence-corrected chi connectivity index (χ1v) is 3.93. The zero-order valence-corrected chi connectivity index (χ0v) is 11.4. The van der Waals surface area contributed by atoms with Crippen molar-refractivity contribution in [1.82, 2.24) is 0 Å². The Morgan fingerprint density at radius 2 is 1.85 bits per heavy atom. The molecule has 4 nitrogen and oxygen atoms in total. The standard InChI is InChI=1S/C8H14O4.K.H/c1-3-6(8(11)12)5(2)4-7(9)10;;/h5-6H,3-4H2,1-2H3,(H,9,10)(H,11,12);;/q;+1;-1. The van der Waals surface area contributed by atoms with Crippen molar-refractivity contribution in [3.63, 3.8) is 0 Å². The fourth-order valence-corrected chi connectivity index (χ4v) is 1.24. The first-order valence-electron chi connectivity index (χ1n) is 3.93. The maximum atomic E-state index is 10.6. The summed E-state index contributed by atoms with van der Waals surface area (Å²) in [5.74, 6) is -2.69. The first-order chi connectivity index (χ1) is 5.49. The van der Waals surface area contributed by atoms with Crippen LogP contribution < -0.4 is 51.4 Å². The van der Waals surface area contributed by atoms with Gasteiger partial charge in [0.15, 0.2) is 0 Å². The predicted molar refractivity (Wildman–Crippen MR) is 43.9 cm³/mol. The summed E-state index contributed by atoms with van der Waals surface area (Å²) in [6.07, 6.45) is 0.397. The number of hydrogen-bond donors (Lipinski definition) is 2. The summed E-state index contributed by atoms with van der Waals surface area (Å²) in [7, 11) is 0. The molecule has 2 N–H and O–H groups in total. The number of hydrogen-bond acceptors (Lipinski definition) is 2. The van der Waals surface area contributed by atoms with Gasteiger partial charge < -0.3 is 11.6 Å². The van der Waals surface area contributed by atoms with E-state index >= 15 is 0 Å². The number of carboxylic acid groups (broad SMARTS) is 2. The van der Waals surface area contributed by atoms with Crippen LogP contribution in [0.15, 0.2) is 0 Å². The molecular formula is C8H15KO4. The van der Waals surface area contributed by atoms with E-state index in [0.717, 1.165) is 0 Å². The SMILES string of the molecule is CCC(C(=O)O)C(C)CC(=O)O.[H-].[K+]. The zero-order valence-electron chi connectivity index (χ0n) is 9.28. The van der Waals surface area contributed by atoms with Gasteiger partial charge in [-0.25, -0.2) is 0 Å². The molecule has 0 radical (unpaired) electrons. The zero-order chi connectivity index (χ0) is 9.72. The van der Waals surface area contributed by atoms with Crippen molar-refractivity contribution >= 4 is 11.9 Å². The predicted octanol–water partition coefficient (Wildman–Crippen LogP) is -1.68. The molecule has 0 aromatic heterocycles. The van der Waals surface area contributed by atoms with E-state index in [9.17, 15) is 9.59 Å². The summed E-state index contributed by atoms with van der Waals surface area (Å²) in [6, 6.07) is 0. The minimum Gasteiger partial charge on any atom is -1.00 e. The first kappa shape index (κ1) is 16.0. The second-order valence-corrected chi connectivity index (χ2v) is 2.93. The molecule has 13 heavy (non-hydrogen) atoms. The summed E-state index contributed by atoms with van der Waals surface area (Å²) in [6.45, 7) is 3.40. The average molecular weight is 214 g/mol. The summed E-state index contributed by atoms with van der Waals surface area (Å²) in [5.41, 5.74) is 0. The molecule has 0 aromatic carbocycles. The van der Waals surface area contributed by atoms with Crippen LogP contribution in [0.4, 0.5) is 0 Å². The van der Waals surface area contributed by atoms with Crippen molar-refractivity contribution < 1.29 is 72.6 Å². The molecule has 0 rings (SSSR count). The van der Waals surface area contributed by atoms with Gasteiger partial charge in [-0.3, -0.25) is 9.59 Å². The largest absolute Gasteiger partial charge is 1.00 e. The molecule has 0 aromatic rings. The van der Waals surface area contributed by atoms with E-state index in [1.165, 1.54) is 0 Å². The van der Waals surface area contributed by atoms with Gasteiger partial charge >= 0.3 is 63.3 Å². The molecule has 0 aliphatic carbocycles. The third kappa shape index (κ3) is 6.62. The number of rotatable bonds is 5. The van der Waals surface area contributed by atoms with Gasteiger partial charge in [0, 0.05) is 6.42 Å². The molecule has 0 heterocycles. The Balaban J connectivity index is -0.000000605. The van der Waals surface area contributed by atoms with E-state index in [0.29, 0.717) is 6.42 Å². The maximum absolute atomic E-state index is 10.6. The molecule has 2 atom stereocenters. The molecule has 0 aliphatic heterocycles. The van der Waals surface area contributed by atoms with Crippen LogP contribution in [-0.2, 0) is 9.59 Å². The van der Waals surface area contributed by atoms with Gasteiger partial charge in [-0.2, -0.15) is 0 Å². The van der Waals surface area contributed by atoms with Crippen molar-refractivity contribution in [2.45, 2.75) is 26.7 Å². The molecule has 0 fully saturated rings. The Bertz CT molecular complexity index is 186. The Morgan fingerprint density at radius 1 is 1.38 bits per heavy atom. The minimum atomic E-state index is -0.942. The van der Waals surface area contributed by atoms with E-state index in [1.807, 2.05) is 0 Å². The van der Waals surface area contributed by atoms with Crippen molar-refractivity contribution in [3.8, 4) is 0 Å². The van der Waals surface area contributed by atoms with Crippen LogP contribution in [0, 0.1) is 11.8 Å². The van der Waals surface area contributed by atoms with Crippen LogP contribution in [0.2, 0.25) is 0 Å². The smallest absolute Gasteiger partial charge is 1.00 e. The normalized spacial score (nSPS) is 14.0. The quantitative estimate of drug-likeness (QED) is 0.536. The van der Waals surface area contributed by atoms with Crippen LogP contribution in [-0.4, -0.2) is 22.2 Å². The van der Waals surface area contributed by atoms with E-state index in [4.69, 9.17) is 10.2 Å². The number of carbonyl (C=O) groups is 2. The molecular weight excluding hydrogens is 199 g/mol. The molecule has 0 bridgehead atoms. The molecule has 72 valence electrons. The fraction of sp³-hybridized carbons (Fsp3) is 0.750. The van der Waals surface area contributed by atoms with Crippen molar-refractivity contribution in [2.75, 3.05) is 0 Å². The van der Waals surface area contributed by atoms with Crippen LogP contribution in [0.1, 0.15) is 28.1 Å². The third-order valence-electron chi connectivity index (χ3n) is 1.94. The van der Waals surface area contributed by atoms with Crippen LogP contribution >= 0.6 is 0 Å². The van der Waals surface area contributed by atoms with E-state index in [-0.39, 0.29) is 65.1 Å². The monoisotopic (exact) mass is 214 g/mol. The third-order valence-corrected chi connectivity index (χ3v) is 1.94. The molecule has 5 heteroatoms. The van der Waals surface area contributed by atoms with Crippen molar-refractivity contribution in [3.05, 3.63) is 0 Å². The fourth-order valence-electron chi connectivity index (χ4n) is 1.24. The van der Waals surface area contributed by atoms with Crippen LogP contribution in [0.5, 0.6) is 0 Å². The van der Waals surface area contributed by atoms with E-state index in [1.54, 1.807) is 13.8 Å². The summed E-state index contributed by atoms with van der Waals surface area (Å²) < 4.78 is 0. The van der Waals surface area contributed by atoms with E-state index in [2.05, 4.69) is 0 Å². The molecule has 2 unspecified atom stereocenters. The summed E-state index contributed by atoms with van der Waals surface area (Å²) in [5, 5.41) is 17.1. The van der Waals surface area contributed by atoms with Gasteiger partial charge in [-0.1, -0.05) is 13.8 Å². The molecule has 0 saturated heterocycles. The summed E-state index contributed by atoms with van der Waals surface area (Å²) >= 11 is 0. The summed E-state index contributed by atoms with van der Waals surface area (Å²) in [4.78, 5) is 20.8. The average Bonchev–Trinajstić information content (AvgIpc) is 1.85. The van der Waals surface area contributed by atoms with E-state index < -0.39 is 17.9 Å². The van der Waals surface area contributed by atoms with Crippen molar-refractivity contribution in [1.29, 1.82) is 0 Å². The van der Waals surface area contributed by atoms with Gasteiger partial charge in [0.2, 0.25) is 0 Å². The number of aliphatic carboxylic acids is 2. The Kier molecular flexibility index (Phi) is 9.78. The second-order valence-electron chi connectivity index (χ2n) is 2.93. The molecule has 0 saturated carbocycles. The van der Waals surface area contributed by atoms with Gasteiger partial charge in [0.05, 0.1) is 5.92 Å². The maximum Gasteiger partial charge on any atom is 1.00 e. The van der Waals surface area contributed by atoms with Crippen LogP contribution in [0.3, 0.4) is 0 Å². The Labute approximate surface area is 122 Å². The van der Waals surface area contributed by atoms with Crippen LogP contribution in [0.25, 0.3) is 0 Å². The molecule has 0 aliphatic rings. The number of carboxylic acids is 2. The molecule has 0 amide bonds. The Morgan fingerprint density at radius 3 is 2.08 bits per heavy atom. The minimum absolute atomic E-state index is 0. The van der Waals surface area contributed by atoms with Gasteiger partial charge in [-0.05, 0) is 12.3 Å². The van der Waals surface area contributed by atoms with Gasteiger partial charge in [0.25, 0.3) is 0 Å². The van der Waals surface area contributed by atoms with Crippen molar-refractivity contribution in [2.24, 2.45) is 11.8 Å². The topological polar surface area (TPSA) is 74.6 Å². The Hall–Kier alpha value is 0.576. The van der Waals surface area contributed by atoms with Gasteiger partial charge in [0.1, 0.15) is 0 Å². The second kappa shape index (κ2) is 7.93.